The molecule has 0 unspecified atom stereocenters. The number of hydrogen-bond acceptors (Lipinski definition) is 5. The number of nitrogens with zero attached hydrogens (tertiary/aromatic N) is 4. The van der Waals surface area contributed by atoms with E-state index in [9.17, 15) is 4.79 Å². The summed E-state index contributed by atoms with van der Waals surface area (Å²) >= 11 is 1.31. The highest BCUT2D eigenvalue weighted by Crippen LogP contribution is 2.27. The van der Waals surface area contributed by atoms with Crippen LogP contribution in [-0.4, -0.2) is 31.4 Å². The van der Waals surface area contributed by atoms with Crippen molar-refractivity contribution in [2.24, 2.45) is 0 Å². The van der Waals surface area contributed by atoms with Gasteiger partial charge in [0.05, 0.1) is 17.3 Å². The van der Waals surface area contributed by atoms with Gasteiger partial charge in [0.15, 0.2) is 5.65 Å². The van der Waals surface area contributed by atoms with Gasteiger partial charge in [-0.05, 0) is 37.5 Å². The van der Waals surface area contributed by atoms with Crippen molar-refractivity contribution in [3.63, 3.8) is 0 Å². The molecule has 0 aliphatic heterocycles. The van der Waals surface area contributed by atoms with Gasteiger partial charge in [0.1, 0.15) is 5.52 Å². The summed E-state index contributed by atoms with van der Waals surface area (Å²) in [7, 11) is 0. The maximum Gasteiger partial charge on any atom is 0.230 e. The van der Waals surface area contributed by atoms with E-state index < -0.39 is 0 Å². The van der Waals surface area contributed by atoms with Crippen LogP contribution in [0.1, 0.15) is 37.9 Å². The highest BCUT2D eigenvalue weighted by Gasteiger charge is 2.15. The van der Waals surface area contributed by atoms with Crippen molar-refractivity contribution >= 4 is 39.7 Å². The average molecular weight is 420 g/mol. The SMILES string of the molecule is CCc1ccc([C@@H](C)NC(=O)CSc2nnc3c4ccccc4n(CC)c3n2)cc1. The van der Waals surface area contributed by atoms with E-state index in [1.807, 2.05) is 25.1 Å². The van der Waals surface area contributed by atoms with E-state index in [1.54, 1.807) is 0 Å². The summed E-state index contributed by atoms with van der Waals surface area (Å²) in [6.45, 7) is 7.00. The maximum absolute atomic E-state index is 12.4. The monoisotopic (exact) mass is 419 g/mol. The minimum atomic E-state index is -0.0493. The Morgan fingerprint density at radius 3 is 2.60 bits per heavy atom. The summed E-state index contributed by atoms with van der Waals surface area (Å²) in [6.07, 6.45) is 1.01. The second kappa shape index (κ2) is 8.83. The van der Waals surface area contributed by atoms with Gasteiger partial charge < -0.3 is 9.88 Å². The van der Waals surface area contributed by atoms with Crippen LogP contribution in [0.4, 0.5) is 0 Å². The molecule has 1 amide bonds. The molecular formula is C23H25N5OS. The van der Waals surface area contributed by atoms with Gasteiger partial charge >= 0.3 is 0 Å². The van der Waals surface area contributed by atoms with E-state index >= 15 is 0 Å². The van der Waals surface area contributed by atoms with Crippen LogP contribution in [0.3, 0.4) is 0 Å². The Bertz CT molecular complexity index is 1190. The number of para-hydroxylation sites is 1. The largest absolute Gasteiger partial charge is 0.349 e. The third-order valence-electron chi connectivity index (χ3n) is 5.27. The lowest BCUT2D eigenvalue weighted by atomic mass is 10.1. The normalized spacial score (nSPS) is 12.4. The summed E-state index contributed by atoms with van der Waals surface area (Å²) < 4.78 is 2.13. The number of benzene rings is 2. The maximum atomic E-state index is 12.4. The molecule has 0 bridgehead atoms. The van der Waals surface area contributed by atoms with Crippen LogP contribution in [0, 0.1) is 0 Å². The molecule has 0 fully saturated rings. The van der Waals surface area contributed by atoms with Crippen molar-refractivity contribution in [3.05, 3.63) is 59.7 Å². The summed E-state index contributed by atoms with van der Waals surface area (Å²) in [5.41, 5.74) is 5.08. The molecule has 30 heavy (non-hydrogen) atoms. The van der Waals surface area contributed by atoms with Crippen LogP contribution in [0.2, 0.25) is 0 Å². The van der Waals surface area contributed by atoms with Crippen LogP contribution >= 0.6 is 11.8 Å². The Hall–Kier alpha value is -2.93. The summed E-state index contributed by atoms with van der Waals surface area (Å²) in [5.74, 6) is 0.198. The van der Waals surface area contributed by atoms with Crippen molar-refractivity contribution < 1.29 is 4.79 Å². The van der Waals surface area contributed by atoms with Crippen LogP contribution in [0.25, 0.3) is 22.1 Å². The second-order valence-electron chi connectivity index (χ2n) is 7.20. The summed E-state index contributed by atoms with van der Waals surface area (Å²) in [5, 5.41) is 13.2. The molecule has 154 valence electrons. The number of amides is 1. The molecule has 2 heterocycles. The number of rotatable bonds is 7. The number of carbonyl (C=O) groups excluding carboxylic acids is 1. The Balaban J connectivity index is 1.45. The third kappa shape index (κ3) is 4.03. The zero-order valence-electron chi connectivity index (χ0n) is 17.4. The van der Waals surface area contributed by atoms with E-state index in [2.05, 4.69) is 69.2 Å². The van der Waals surface area contributed by atoms with Gasteiger partial charge in [-0.1, -0.05) is 61.2 Å². The molecule has 0 aliphatic carbocycles. The standard InChI is InChI=1S/C23H25N5OS/c1-4-16-10-12-17(13-11-16)15(3)24-20(29)14-30-23-25-22-21(26-27-23)18-8-6-7-9-19(18)28(22)5-2/h6-13,15H,4-5,14H2,1-3H3,(H,24,29)/t15-/m1/s1. The minimum absolute atomic E-state index is 0.0480. The highest BCUT2D eigenvalue weighted by atomic mass is 32.2. The van der Waals surface area contributed by atoms with Gasteiger partial charge in [-0.25, -0.2) is 4.98 Å². The predicted molar refractivity (Wildman–Crippen MR) is 122 cm³/mol. The molecule has 0 spiro atoms. The van der Waals surface area contributed by atoms with Gasteiger partial charge in [0, 0.05) is 11.9 Å². The van der Waals surface area contributed by atoms with E-state index in [-0.39, 0.29) is 17.7 Å². The van der Waals surface area contributed by atoms with E-state index in [0.29, 0.717) is 5.16 Å². The Morgan fingerprint density at radius 2 is 1.87 bits per heavy atom. The lowest BCUT2D eigenvalue weighted by molar-refractivity contribution is -0.119. The quantitative estimate of drug-likeness (QED) is 0.446. The smallest absolute Gasteiger partial charge is 0.230 e. The third-order valence-corrected chi connectivity index (χ3v) is 6.11. The lowest BCUT2D eigenvalue weighted by Gasteiger charge is -2.14. The zero-order chi connectivity index (χ0) is 21.1. The van der Waals surface area contributed by atoms with Crippen molar-refractivity contribution in [1.82, 2.24) is 25.1 Å². The molecule has 2 aromatic heterocycles. The molecule has 7 heteroatoms. The van der Waals surface area contributed by atoms with Crippen LogP contribution in [0.5, 0.6) is 0 Å². The van der Waals surface area contributed by atoms with Gasteiger partial charge in [-0.3, -0.25) is 4.79 Å². The molecular weight excluding hydrogens is 394 g/mol. The molecule has 4 rings (SSSR count). The Morgan fingerprint density at radius 1 is 1.10 bits per heavy atom. The van der Waals surface area contributed by atoms with Crippen LogP contribution in [-0.2, 0) is 17.8 Å². The first-order valence-electron chi connectivity index (χ1n) is 10.2. The number of carbonyl (C=O) groups is 1. The molecule has 1 atom stereocenters. The van der Waals surface area contributed by atoms with E-state index in [4.69, 9.17) is 0 Å². The molecule has 4 aromatic rings. The molecule has 0 saturated heterocycles. The Labute approximate surface area is 180 Å². The van der Waals surface area contributed by atoms with Crippen molar-refractivity contribution in [1.29, 1.82) is 0 Å². The molecule has 0 radical (unpaired) electrons. The fourth-order valence-electron chi connectivity index (χ4n) is 3.61. The number of aryl methyl sites for hydroxylation is 2. The Kier molecular flexibility index (Phi) is 5.99. The predicted octanol–water partition coefficient (Wildman–Crippen LogP) is 4.53. The first-order valence-corrected chi connectivity index (χ1v) is 11.2. The topological polar surface area (TPSA) is 72.7 Å². The number of hydrogen-bond donors (Lipinski definition) is 1. The molecule has 2 aromatic carbocycles. The molecule has 6 nitrogen and oxygen atoms in total. The fourth-order valence-corrected chi connectivity index (χ4v) is 4.20. The van der Waals surface area contributed by atoms with Gasteiger partial charge in [0.2, 0.25) is 11.1 Å². The molecule has 0 aliphatic rings. The number of aromatic nitrogens is 4. The number of thioether (sulfide) groups is 1. The molecule has 0 saturated carbocycles. The van der Waals surface area contributed by atoms with E-state index in [1.165, 1.54) is 17.3 Å². The summed E-state index contributed by atoms with van der Waals surface area (Å²) in [6, 6.07) is 16.4. The first-order chi connectivity index (χ1) is 14.6. The number of nitrogens with one attached hydrogen (secondary N) is 1. The van der Waals surface area contributed by atoms with Crippen molar-refractivity contribution in [3.8, 4) is 0 Å². The van der Waals surface area contributed by atoms with Crippen molar-refractivity contribution in [2.75, 3.05) is 5.75 Å². The fraction of sp³-hybridized carbons (Fsp3) is 0.304. The summed E-state index contributed by atoms with van der Waals surface area (Å²) in [4.78, 5) is 17.1. The minimum Gasteiger partial charge on any atom is -0.349 e. The zero-order valence-corrected chi connectivity index (χ0v) is 18.2. The second-order valence-corrected chi connectivity index (χ2v) is 8.14. The van der Waals surface area contributed by atoms with Crippen LogP contribution < -0.4 is 5.32 Å². The number of fused-ring (bicyclic) bond motifs is 3. The first kappa shape index (κ1) is 20.3. The molecule has 1 N–H and O–H groups in total. The highest BCUT2D eigenvalue weighted by molar-refractivity contribution is 7.99. The van der Waals surface area contributed by atoms with Gasteiger partial charge in [0.25, 0.3) is 0 Å². The lowest BCUT2D eigenvalue weighted by Crippen LogP contribution is -2.28. The average Bonchev–Trinajstić information content (AvgIpc) is 3.10. The van der Waals surface area contributed by atoms with Crippen LogP contribution in [0.15, 0.2) is 53.7 Å². The van der Waals surface area contributed by atoms with Gasteiger partial charge in [-0.2, -0.15) is 0 Å². The van der Waals surface area contributed by atoms with Gasteiger partial charge in [-0.15, -0.1) is 10.2 Å². The van der Waals surface area contributed by atoms with E-state index in [0.717, 1.165) is 40.6 Å². The van der Waals surface area contributed by atoms with Crippen molar-refractivity contribution in [2.45, 2.75) is 44.9 Å².